The van der Waals surface area contributed by atoms with Gasteiger partial charge in [-0.2, -0.15) is 4.37 Å². The molecule has 3 rings (SSSR count). The van der Waals surface area contributed by atoms with Crippen molar-refractivity contribution in [3.05, 3.63) is 52.6 Å². The SMILES string of the molecule is O=[N+]([O-])c1cc(-c2nc(-c3ccccc3)ns2)cc(O)c1O. The van der Waals surface area contributed by atoms with Crippen LogP contribution in [0.2, 0.25) is 0 Å². The van der Waals surface area contributed by atoms with Gasteiger partial charge in [0.05, 0.1) is 4.92 Å². The van der Waals surface area contributed by atoms with E-state index in [1.165, 1.54) is 6.07 Å². The smallest absolute Gasteiger partial charge is 0.315 e. The molecule has 0 spiro atoms. The molecule has 0 aliphatic heterocycles. The van der Waals surface area contributed by atoms with Gasteiger partial charge in [-0.25, -0.2) is 4.98 Å². The van der Waals surface area contributed by atoms with E-state index in [2.05, 4.69) is 9.36 Å². The lowest BCUT2D eigenvalue weighted by Gasteiger charge is -2.01. The highest BCUT2D eigenvalue weighted by Gasteiger charge is 2.21. The summed E-state index contributed by atoms with van der Waals surface area (Å²) in [5, 5.41) is 30.4. The standard InChI is InChI=1S/C14H9N3O4S/c18-11-7-9(6-10(12(11)19)17(20)21)14-15-13(16-22-14)8-4-2-1-3-5-8/h1-7,18-19H. The summed E-state index contributed by atoms with van der Waals surface area (Å²) < 4.78 is 4.21. The summed E-state index contributed by atoms with van der Waals surface area (Å²) in [4.78, 5) is 14.4. The van der Waals surface area contributed by atoms with Crippen LogP contribution in [0.15, 0.2) is 42.5 Å². The van der Waals surface area contributed by atoms with E-state index < -0.39 is 22.1 Å². The summed E-state index contributed by atoms with van der Waals surface area (Å²) in [5.41, 5.74) is 0.565. The molecule has 0 fully saturated rings. The molecular formula is C14H9N3O4S. The van der Waals surface area contributed by atoms with E-state index in [1.54, 1.807) is 0 Å². The predicted octanol–water partition coefficient (Wildman–Crippen LogP) is 3.19. The first-order valence-corrected chi connectivity index (χ1v) is 6.93. The minimum absolute atomic E-state index is 0.321. The van der Waals surface area contributed by atoms with Crippen LogP contribution in [-0.2, 0) is 0 Å². The predicted molar refractivity (Wildman–Crippen MR) is 80.8 cm³/mol. The van der Waals surface area contributed by atoms with Gasteiger partial charge in [0.25, 0.3) is 0 Å². The fourth-order valence-electron chi connectivity index (χ4n) is 1.91. The number of nitrogens with zero attached hydrogens (tertiary/aromatic N) is 3. The molecule has 0 radical (unpaired) electrons. The van der Waals surface area contributed by atoms with Crippen molar-refractivity contribution in [2.75, 3.05) is 0 Å². The Balaban J connectivity index is 2.06. The topological polar surface area (TPSA) is 109 Å². The van der Waals surface area contributed by atoms with E-state index in [4.69, 9.17) is 0 Å². The Kier molecular flexibility index (Phi) is 3.43. The maximum atomic E-state index is 10.9. The zero-order valence-corrected chi connectivity index (χ0v) is 11.8. The number of aromatic nitrogens is 2. The third-order valence-electron chi connectivity index (χ3n) is 2.97. The summed E-state index contributed by atoms with van der Waals surface area (Å²) >= 11 is 1.06. The van der Waals surface area contributed by atoms with Gasteiger partial charge in [-0.05, 0) is 17.6 Å². The van der Waals surface area contributed by atoms with Crippen molar-refractivity contribution in [2.45, 2.75) is 0 Å². The number of nitro groups is 1. The zero-order chi connectivity index (χ0) is 15.7. The number of aromatic hydroxyl groups is 2. The number of nitro benzene ring substituents is 1. The molecule has 0 unspecified atom stereocenters. The van der Waals surface area contributed by atoms with E-state index >= 15 is 0 Å². The average Bonchev–Trinajstić information content (AvgIpc) is 3.00. The van der Waals surface area contributed by atoms with Crippen LogP contribution in [-0.4, -0.2) is 24.5 Å². The monoisotopic (exact) mass is 315 g/mol. The quantitative estimate of drug-likeness (QED) is 0.436. The average molecular weight is 315 g/mol. The third kappa shape index (κ3) is 2.47. The van der Waals surface area contributed by atoms with Gasteiger partial charge in [0, 0.05) is 17.2 Å². The number of hydrogen-bond donors (Lipinski definition) is 2. The lowest BCUT2D eigenvalue weighted by Crippen LogP contribution is -1.90. The second-order valence-corrected chi connectivity index (χ2v) is 5.16. The number of benzene rings is 2. The molecule has 110 valence electrons. The Morgan fingerprint density at radius 2 is 1.82 bits per heavy atom. The highest BCUT2D eigenvalue weighted by Crippen LogP contribution is 2.40. The molecule has 0 aliphatic rings. The Morgan fingerprint density at radius 1 is 1.09 bits per heavy atom. The fraction of sp³-hybridized carbons (Fsp3) is 0. The molecule has 0 saturated carbocycles. The molecule has 0 saturated heterocycles. The molecule has 2 N–H and O–H groups in total. The van der Waals surface area contributed by atoms with Gasteiger partial charge in [-0.15, -0.1) is 0 Å². The molecule has 3 aromatic rings. The molecule has 2 aromatic carbocycles. The molecule has 0 atom stereocenters. The normalized spacial score (nSPS) is 10.5. The van der Waals surface area contributed by atoms with E-state index in [0.717, 1.165) is 23.2 Å². The molecule has 0 amide bonds. The first-order valence-electron chi connectivity index (χ1n) is 6.16. The fourth-order valence-corrected chi connectivity index (χ4v) is 2.58. The lowest BCUT2D eigenvalue weighted by atomic mass is 10.1. The summed E-state index contributed by atoms with van der Waals surface area (Å²) in [7, 11) is 0. The number of phenols is 2. The van der Waals surface area contributed by atoms with Gasteiger partial charge in [0.15, 0.2) is 11.6 Å². The van der Waals surface area contributed by atoms with Gasteiger partial charge in [0.2, 0.25) is 5.75 Å². The van der Waals surface area contributed by atoms with E-state index in [1.807, 2.05) is 30.3 Å². The van der Waals surface area contributed by atoms with Crippen molar-refractivity contribution >= 4 is 17.2 Å². The highest BCUT2D eigenvalue weighted by atomic mass is 32.1. The first kappa shape index (κ1) is 14.0. The second-order valence-electron chi connectivity index (χ2n) is 4.41. The van der Waals surface area contributed by atoms with Crippen LogP contribution in [0.3, 0.4) is 0 Å². The maximum absolute atomic E-state index is 10.9. The van der Waals surface area contributed by atoms with Crippen LogP contribution >= 0.6 is 11.5 Å². The largest absolute Gasteiger partial charge is 0.504 e. The third-order valence-corrected chi connectivity index (χ3v) is 3.74. The highest BCUT2D eigenvalue weighted by molar-refractivity contribution is 7.09. The molecule has 0 bridgehead atoms. The van der Waals surface area contributed by atoms with Crippen molar-refractivity contribution in [3.63, 3.8) is 0 Å². The van der Waals surface area contributed by atoms with Gasteiger partial charge in [0.1, 0.15) is 5.01 Å². The van der Waals surface area contributed by atoms with Gasteiger partial charge in [-0.3, -0.25) is 10.1 Å². The van der Waals surface area contributed by atoms with Gasteiger partial charge < -0.3 is 10.2 Å². The van der Waals surface area contributed by atoms with Gasteiger partial charge >= 0.3 is 5.69 Å². The summed E-state index contributed by atoms with van der Waals surface area (Å²) in [6.45, 7) is 0. The molecule has 1 aromatic heterocycles. The Bertz CT molecular complexity index is 849. The van der Waals surface area contributed by atoms with E-state index in [9.17, 15) is 20.3 Å². The van der Waals surface area contributed by atoms with Crippen molar-refractivity contribution in [2.24, 2.45) is 0 Å². The number of phenolic OH excluding ortho intramolecular Hbond substituents is 2. The van der Waals surface area contributed by atoms with Crippen molar-refractivity contribution in [3.8, 4) is 33.5 Å². The van der Waals surface area contributed by atoms with Crippen LogP contribution in [0.1, 0.15) is 0 Å². The zero-order valence-electron chi connectivity index (χ0n) is 11.0. The minimum atomic E-state index is -0.766. The lowest BCUT2D eigenvalue weighted by molar-refractivity contribution is -0.385. The van der Waals surface area contributed by atoms with Crippen LogP contribution in [0.5, 0.6) is 11.5 Å². The molecular weight excluding hydrogens is 306 g/mol. The first-order chi connectivity index (χ1) is 10.6. The van der Waals surface area contributed by atoms with Crippen LogP contribution < -0.4 is 0 Å². The molecule has 22 heavy (non-hydrogen) atoms. The van der Waals surface area contributed by atoms with Crippen LogP contribution in [0, 0.1) is 10.1 Å². The molecule has 8 heteroatoms. The van der Waals surface area contributed by atoms with Crippen LogP contribution in [0.25, 0.3) is 22.0 Å². The van der Waals surface area contributed by atoms with Gasteiger partial charge in [-0.1, -0.05) is 30.3 Å². The Morgan fingerprint density at radius 3 is 2.50 bits per heavy atom. The van der Waals surface area contributed by atoms with Crippen molar-refractivity contribution < 1.29 is 15.1 Å². The molecule has 1 heterocycles. The Labute approximate surface area is 128 Å². The summed E-state index contributed by atoms with van der Waals surface area (Å²) in [5.74, 6) is -0.835. The minimum Gasteiger partial charge on any atom is -0.504 e. The van der Waals surface area contributed by atoms with E-state index in [0.29, 0.717) is 16.4 Å². The van der Waals surface area contributed by atoms with Crippen molar-refractivity contribution in [1.29, 1.82) is 0 Å². The number of hydrogen-bond acceptors (Lipinski definition) is 7. The molecule has 7 nitrogen and oxygen atoms in total. The maximum Gasteiger partial charge on any atom is 0.315 e. The van der Waals surface area contributed by atoms with E-state index in [-0.39, 0.29) is 0 Å². The van der Waals surface area contributed by atoms with Crippen LogP contribution in [0.4, 0.5) is 5.69 Å². The second kappa shape index (κ2) is 5.41. The summed E-state index contributed by atoms with van der Waals surface area (Å²) in [6.07, 6.45) is 0. The van der Waals surface area contributed by atoms with Crippen molar-refractivity contribution in [1.82, 2.24) is 9.36 Å². The Hall–Kier alpha value is -3.00. The molecule has 0 aliphatic carbocycles. The number of rotatable bonds is 3. The summed E-state index contributed by atoms with van der Waals surface area (Å²) in [6, 6.07) is 11.7.